The number of fused-ring (bicyclic) bond motifs is 1. The maximum atomic E-state index is 12.5. The molecule has 25 heavy (non-hydrogen) atoms. The summed E-state index contributed by atoms with van der Waals surface area (Å²) in [5, 5.41) is 4.07. The minimum absolute atomic E-state index is 0.293. The number of carbonyl (C=O) groups excluding carboxylic acids is 1. The van der Waals surface area contributed by atoms with E-state index in [2.05, 4.69) is 57.4 Å². The third-order valence-corrected chi connectivity index (χ3v) is 4.42. The van der Waals surface area contributed by atoms with Crippen LogP contribution in [0.25, 0.3) is 5.65 Å². The van der Waals surface area contributed by atoms with Gasteiger partial charge in [0.2, 0.25) is 0 Å². The van der Waals surface area contributed by atoms with Crippen LogP contribution in [-0.2, 0) is 0 Å². The lowest BCUT2D eigenvalue weighted by Gasteiger charge is -2.04. The molecule has 2 heterocycles. The zero-order chi connectivity index (χ0) is 18.0. The highest BCUT2D eigenvalue weighted by molar-refractivity contribution is 9.10. The number of pyridine rings is 1. The van der Waals surface area contributed by atoms with Crippen molar-refractivity contribution in [3.8, 4) is 0 Å². The molecule has 0 spiro atoms. The summed E-state index contributed by atoms with van der Waals surface area (Å²) in [5.41, 5.74) is 6.64. The van der Waals surface area contributed by atoms with Crippen molar-refractivity contribution >= 4 is 33.7 Å². The quantitative estimate of drug-likeness (QED) is 0.526. The van der Waals surface area contributed by atoms with Crippen LogP contribution in [0.5, 0.6) is 0 Å². The molecule has 0 unspecified atom stereocenters. The van der Waals surface area contributed by atoms with Gasteiger partial charge in [-0.2, -0.15) is 5.10 Å². The fourth-order valence-corrected chi connectivity index (χ4v) is 2.93. The highest BCUT2D eigenvalue weighted by Gasteiger charge is 2.16. The summed E-state index contributed by atoms with van der Waals surface area (Å²) in [7, 11) is 0. The molecule has 0 aliphatic heterocycles. The van der Waals surface area contributed by atoms with Crippen molar-refractivity contribution in [1.82, 2.24) is 14.8 Å². The molecule has 3 aromatic rings. The van der Waals surface area contributed by atoms with Gasteiger partial charge in [-0.15, -0.1) is 0 Å². The average Bonchev–Trinajstić information content (AvgIpc) is 2.90. The number of hydrazone groups is 1. The van der Waals surface area contributed by atoms with E-state index >= 15 is 0 Å². The van der Waals surface area contributed by atoms with Gasteiger partial charge in [0.15, 0.2) is 0 Å². The van der Waals surface area contributed by atoms with Gasteiger partial charge in [-0.3, -0.25) is 9.20 Å². The Labute approximate surface area is 154 Å². The summed E-state index contributed by atoms with van der Waals surface area (Å²) in [6.45, 7) is 6.12. The van der Waals surface area contributed by atoms with Crippen LogP contribution in [-0.4, -0.2) is 21.5 Å². The summed E-state index contributed by atoms with van der Waals surface area (Å²) >= 11 is 3.41. The van der Waals surface area contributed by atoms with Crippen LogP contribution in [0.15, 0.2) is 52.2 Å². The number of imidazole rings is 1. The molecule has 0 radical (unpaired) electrons. The van der Waals surface area contributed by atoms with Gasteiger partial charge in [0.05, 0.1) is 11.9 Å². The molecule has 0 bridgehead atoms. The van der Waals surface area contributed by atoms with Crippen LogP contribution in [0, 0.1) is 6.92 Å². The van der Waals surface area contributed by atoms with E-state index in [1.54, 1.807) is 10.6 Å². The zero-order valence-corrected chi connectivity index (χ0v) is 15.9. The molecule has 5 nitrogen and oxygen atoms in total. The molecular formula is C19H19BrN4O. The topological polar surface area (TPSA) is 58.8 Å². The van der Waals surface area contributed by atoms with Gasteiger partial charge in [-0.1, -0.05) is 38.1 Å². The molecule has 0 saturated carbocycles. The van der Waals surface area contributed by atoms with Crippen molar-refractivity contribution in [3.63, 3.8) is 0 Å². The third-order valence-electron chi connectivity index (χ3n) is 3.95. The number of nitrogens with one attached hydrogen (secondary N) is 1. The molecule has 0 fully saturated rings. The van der Waals surface area contributed by atoms with Crippen molar-refractivity contribution in [1.29, 1.82) is 0 Å². The van der Waals surface area contributed by atoms with E-state index in [9.17, 15) is 4.79 Å². The van der Waals surface area contributed by atoms with Crippen molar-refractivity contribution < 1.29 is 4.79 Å². The predicted octanol–water partition coefficient (Wildman–Crippen LogP) is 4.29. The maximum absolute atomic E-state index is 12.5. The average molecular weight is 399 g/mol. The number of halogens is 1. The van der Waals surface area contributed by atoms with E-state index in [0.717, 1.165) is 15.7 Å². The second-order valence-electron chi connectivity index (χ2n) is 6.14. The van der Waals surface area contributed by atoms with Crippen molar-refractivity contribution in [2.24, 2.45) is 5.10 Å². The number of benzene rings is 1. The minimum atomic E-state index is -0.293. The lowest BCUT2D eigenvalue weighted by atomic mass is 10.0. The fourth-order valence-electron chi connectivity index (χ4n) is 2.60. The lowest BCUT2D eigenvalue weighted by molar-refractivity contribution is 0.0948. The Morgan fingerprint density at radius 3 is 2.64 bits per heavy atom. The fraction of sp³-hybridized carbons (Fsp3) is 0.211. The van der Waals surface area contributed by atoms with Crippen LogP contribution >= 0.6 is 15.9 Å². The van der Waals surface area contributed by atoms with Crippen LogP contribution in [0.2, 0.25) is 0 Å². The zero-order valence-electron chi connectivity index (χ0n) is 14.3. The van der Waals surface area contributed by atoms with E-state index < -0.39 is 0 Å². The number of hydrogen-bond donors (Lipinski definition) is 1. The Kier molecular flexibility index (Phi) is 4.99. The number of amides is 1. The molecule has 0 atom stereocenters. The van der Waals surface area contributed by atoms with Gasteiger partial charge in [0.1, 0.15) is 11.3 Å². The molecule has 0 saturated heterocycles. The predicted molar refractivity (Wildman–Crippen MR) is 103 cm³/mol. The van der Waals surface area contributed by atoms with Gasteiger partial charge in [-0.05, 0) is 52.0 Å². The second kappa shape index (κ2) is 7.19. The summed E-state index contributed by atoms with van der Waals surface area (Å²) in [5.74, 6) is 0.196. The molecular weight excluding hydrogens is 380 g/mol. The third kappa shape index (κ3) is 3.79. The summed E-state index contributed by atoms with van der Waals surface area (Å²) in [6, 6.07) is 11.9. The first-order valence-corrected chi connectivity index (χ1v) is 8.82. The largest absolute Gasteiger partial charge is 0.294 e. The van der Waals surface area contributed by atoms with Gasteiger partial charge < -0.3 is 0 Å². The molecule has 128 valence electrons. The number of nitrogens with zero attached hydrogens (tertiary/aromatic N) is 3. The standard InChI is InChI=1S/C19H19BrN4O/c1-12(2)15-6-4-14(5-7-15)10-21-23-19(25)18-13(3)22-17-9-8-16(20)11-24(17)18/h4-12H,1-3H3,(H,23,25)/b21-10-. The second-order valence-corrected chi connectivity index (χ2v) is 7.06. The van der Waals surface area contributed by atoms with Crippen molar-refractivity contribution in [2.45, 2.75) is 26.7 Å². The van der Waals surface area contributed by atoms with E-state index in [1.165, 1.54) is 5.56 Å². The van der Waals surface area contributed by atoms with Crippen LogP contribution < -0.4 is 5.43 Å². The monoisotopic (exact) mass is 398 g/mol. The molecule has 1 amide bonds. The van der Waals surface area contributed by atoms with Crippen LogP contribution in [0.1, 0.15) is 47.1 Å². The summed E-state index contributed by atoms with van der Waals surface area (Å²) < 4.78 is 2.63. The maximum Gasteiger partial charge on any atom is 0.290 e. The minimum Gasteiger partial charge on any atom is -0.294 e. The number of carbonyl (C=O) groups is 1. The first-order chi connectivity index (χ1) is 12.0. The Balaban J connectivity index is 1.76. The van der Waals surface area contributed by atoms with Gasteiger partial charge in [0, 0.05) is 10.7 Å². The lowest BCUT2D eigenvalue weighted by Crippen LogP contribution is -2.20. The van der Waals surface area contributed by atoms with Crippen LogP contribution in [0.3, 0.4) is 0 Å². The molecule has 0 aliphatic rings. The molecule has 0 aliphatic carbocycles. The van der Waals surface area contributed by atoms with E-state index in [-0.39, 0.29) is 5.91 Å². The van der Waals surface area contributed by atoms with E-state index in [4.69, 9.17) is 0 Å². The van der Waals surface area contributed by atoms with Crippen molar-refractivity contribution in [3.05, 3.63) is 69.6 Å². The van der Waals surface area contributed by atoms with Gasteiger partial charge in [-0.25, -0.2) is 10.4 Å². The Morgan fingerprint density at radius 2 is 1.96 bits per heavy atom. The summed E-state index contributed by atoms with van der Waals surface area (Å²) in [6.07, 6.45) is 3.45. The smallest absolute Gasteiger partial charge is 0.290 e. The van der Waals surface area contributed by atoms with Gasteiger partial charge >= 0.3 is 0 Å². The Bertz CT molecular complexity index is 942. The Hall–Kier alpha value is -2.47. The highest BCUT2D eigenvalue weighted by Crippen LogP contribution is 2.17. The van der Waals surface area contributed by atoms with E-state index in [1.807, 2.05) is 37.4 Å². The molecule has 1 aromatic carbocycles. The number of aryl methyl sites for hydroxylation is 1. The number of hydrogen-bond acceptors (Lipinski definition) is 3. The molecule has 6 heteroatoms. The molecule has 1 N–H and O–H groups in total. The first-order valence-electron chi connectivity index (χ1n) is 8.03. The molecule has 2 aromatic heterocycles. The first kappa shape index (κ1) is 17.4. The van der Waals surface area contributed by atoms with Crippen LogP contribution in [0.4, 0.5) is 0 Å². The summed E-state index contributed by atoms with van der Waals surface area (Å²) in [4.78, 5) is 16.9. The SMILES string of the molecule is Cc1nc2ccc(Br)cn2c1C(=O)N/N=C\c1ccc(C(C)C)cc1. The molecule has 3 rings (SSSR count). The number of rotatable bonds is 4. The normalized spacial score (nSPS) is 11.6. The Morgan fingerprint density at radius 1 is 1.24 bits per heavy atom. The van der Waals surface area contributed by atoms with Gasteiger partial charge in [0.25, 0.3) is 5.91 Å². The number of aromatic nitrogens is 2. The highest BCUT2D eigenvalue weighted by atomic mass is 79.9. The van der Waals surface area contributed by atoms with E-state index in [0.29, 0.717) is 17.3 Å². The van der Waals surface area contributed by atoms with Crippen molar-refractivity contribution in [2.75, 3.05) is 0 Å².